The van der Waals surface area contributed by atoms with Gasteiger partial charge in [0.15, 0.2) is 0 Å². The molecule has 1 amide bonds. The van der Waals surface area contributed by atoms with E-state index in [2.05, 4.69) is 20.8 Å². The summed E-state index contributed by atoms with van der Waals surface area (Å²) in [6.07, 6.45) is 3.91. The van der Waals surface area contributed by atoms with E-state index in [0.29, 0.717) is 24.7 Å². The maximum Gasteiger partial charge on any atom is 0.245 e. The fourth-order valence-corrected chi connectivity index (χ4v) is 2.76. The van der Waals surface area contributed by atoms with Gasteiger partial charge in [0, 0.05) is 13.0 Å². The van der Waals surface area contributed by atoms with Gasteiger partial charge in [-0.3, -0.25) is 4.79 Å². The first kappa shape index (κ1) is 15.6. The van der Waals surface area contributed by atoms with E-state index in [-0.39, 0.29) is 11.7 Å². The first-order valence-corrected chi connectivity index (χ1v) is 7.90. The Morgan fingerprint density at radius 1 is 1.48 bits per heavy atom. The summed E-state index contributed by atoms with van der Waals surface area (Å²) in [5, 5.41) is 14.4. The lowest BCUT2D eigenvalue weighted by molar-refractivity contribution is -0.125. The molecule has 1 aliphatic carbocycles. The molecule has 23 heavy (non-hydrogen) atoms. The van der Waals surface area contributed by atoms with Gasteiger partial charge in [-0.05, 0) is 53.8 Å². The number of hydrogen-bond donors (Lipinski definition) is 1. The number of aryl methyl sites for hydroxylation is 1. The van der Waals surface area contributed by atoms with E-state index in [1.54, 1.807) is 19.1 Å². The Morgan fingerprint density at radius 2 is 2.30 bits per heavy atom. The van der Waals surface area contributed by atoms with E-state index >= 15 is 0 Å². The molecule has 0 unspecified atom stereocenters. The van der Waals surface area contributed by atoms with Crippen molar-refractivity contribution in [2.24, 2.45) is 5.92 Å². The number of halogens is 1. The van der Waals surface area contributed by atoms with Gasteiger partial charge in [-0.25, -0.2) is 9.07 Å². The van der Waals surface area contributed by atoms with Gasteiger partial charge in [0.05, 0.1) is 0 Å². The van der Waals surface area contributed by atoms with Crippen LogP contribution in [0.1, 0.15) is 36.7 Å². The first-order valence-electron chi connectivity index (χ1n) is 7.90. The van der Waals surface area contributed by atoms with E-state index in [0.717, 1.165) is 5.56 Å². The predicted molar refractivity (Wildman–Crippen MR) is 82.0 cm³/mol. The quantitative estimate of drug-likeness (QED) is 0.882. The molecule has 0 aliphatic heterocycles. The molecule has 0 radical (unpaired) electrons. The molecule has 2 aromatic rings. The first-order chi connectivity index (χ1) is 11.1. The molecule has 1 heterocycles. The summed E-state index contributed by atoms with van der Waals surface area (Å²) in [4.78, 5) is 12.6. The second-order valence-electron chi connectivity index (χ2n) is 6.06. The largest absolute Gasteiger partial charge is 0.354 e. The van der Waals surface area contributed by atoms with Crippen molar-refractivity contribution < 1.29 is 9.18 Å². The van der Waals surface area contributed by atoms with Crippen LogP contribution in [-0.4, -0.2) is 32.7 Å². The summed E-state index contributed by atoms with van der Waals surface area (Å²) in [5.74, 6) is 0.690. The minimum Gasteiger partial charge on any atom is -0.354 e. The van der Waals surface area contributed by atoms with Gasteiger partial charge in [0.2, 0.25) is 5.91 Å². The van der Waals surface area contributed by atoms with Gasteiger partial charge in [-0.1, -0.05) is 18.6 Å². The lowest BCUT2D eigenvalue weighted by atomic mass is 9.85. The summed E-state index contributed by atoms with van der Waals surface area (Å²) in [5.41, 5.74) is 0.740. The highest BCUT2D eigenvalue weighted by Gasteiger charge is 2.26. The minimum atomic E-state index is -0.577. The molecule has 1 fully saturated rings. The zero-order valence-electron chi connectivity index (χ0n) is 13.1. The molecule has 7 heteroatoms. The van der Waals surface area contributed by atoms with Crippen LogP contribution in [0.4, 0.5) is 4.39 Å². The number of nitrogens with one attached hydrogen (secondary N) is 1. The molecule has 3 rings (SSSR count). The molecular weight excluding hydrogens is 297 g/mol. The number of aromatic nitrogens is 4. The van der Waals surface area contributed by atoms with Crippen LogP contribution in [0.25, 0.3) is 0 Å². The van der Waals surface area contributed by atoms with Crippen molar-refractivity contribution in [1.82, 2.24) is 25.5 Å². The third-order valence-corrected chi connectivity index (χ3v) is 4.36. The zero-order valence-corrected chi connectivity index (χ0v) is 13.1. The third-order valence-electron chi connectivity index (χ3n) is 4.36. The average Bonchev–Trinajstić information content (AvgIpc) is 2.89. The van der Waals surface area contributed by atoms with Crippen LogP contribution in [0.5, 0.6) is 0 Å². The molecule has 0 spiro atoms. The van der Waals surface area contributed by atoms with Crippen molar-refractivity contribution in [2.75, 3.05) is 6.54 Å². The number of carbonyl (C=O) groups excluding carboxylic acids is 1. The van der Waals surface area contributed by atoms with Gasteiger partial charge in [0.25, 0.3) is 0 Å². The molecule has 6 nitrogen and oxygen atoms in total. The highest BCUT2D eigenvalue weighted by molar-refractivity contribution is 5.80. The second kappa shape index (κ2) is 6.85. The maximum atomic E-state index is 13.4. The van der Waals surface area contributed by atoms with Crippen molar-refractivity contribution >= 4 is 5.91 Å². The van der Waals surface area contributed by atoms with Crippen molar-refractivity contribution in [3.05, 3.63) is 41.5 Å². The molecule has 0 bridgehead atoms. The Labute approximate surface area is 134 Å². The fraction of sp³-hybridized carbons (Fsp3) is 0.500. The van der Waals surface area contributed by atoms with E-state index < -0.39 is 6.04 Å². The Bertz CT molecular complexity index is 683. The van der Waals surface area contributed by atoms with Gasteiger partial charge in [0.1, 0.15) is 17.7 Å². The molecular formula is C16H20FN5O. The second-order valence-corrected chi connectivity index (χ2v) is 6.06. The summed E-state index contributed by atoms with van der Waals surface area (Å²) < 4.78 is 14.9. The minimum absolute atomic E-state index is 0.128. The number of hydrogen-bond acceptors (Lipinski definition) is 4. The number of tetrazole rings is 1. The molecule has 0 saturated heterocycles. The zero-order chi connectivity index (χ0) is 16.2. The van der Waals surface area contributed by atoms with Crippen molar-refractivity contribution in [3.63, 3.8) is 0 Å². The normalized spacial score (nSPS) is 15.9. The summed E-state index contributed by atoms with van der Waals surface area (Å²) in [6, 6.07) is 5.69. The van der Waals surface area contributed by atoms with Crippen LogP contribution in [0.3, 0.4) is 0 Å². The van der Waals surface area contributed by atoms with E-state index in [1.807, 2.05) is 0 Å². The van der Waals surface area contributed by atoms with Crippen molar-refractivity contribution in [3.8, 4) is 0 Å². The van der Waals surface area contributed by atoms with Crippen LogP contribution in [0, 0.1) is 18.7 Å². The van der Waals surface area contributed by atoms with Gasteiger partial charge in [-0.15, -0.1) is 5.10 Å². The Hall–Kier alpha value is -2.31. The number of rotatable bonds is 6. The number of nitrogens with zero attached hydrogens (tertiary/aromatic N) is 4. The summed E-state index contributed by atoms with van der Waals surface area (Å²) >= 11 is 0. The van der Waals surface area contributed by atoms with Crippen LogP contribution < -0.4 is 5.32 Å². The summed E-state index contributed by atoms with van der Waals surface area (Å²) in [6.45, 7) is 2.43. The molecule has 122 valence electrons. The molecule has 1 atom stereocenters. The Morgan fingerprint density at radius 3 is 2.91 bits per heavy atom. The standard InChI is InChI=1S/C16H20FN5O/c1-11-19-20-21-22(11)15(9-13-6-3-7-14(17)8-13)16(23)18-10-12-4-2-5-12/h3,6-8,12,15H,2,4-5,9-10H2,1H3,(H,18,23)/t15-/m0/s1. The molecule has 1 N–H and O–H groups in total. The monoisotopic (exact) mass is 317 g/mol. The number of benzene rings is 1. The van der Waals surface area contributed by atoms with Crippen molar-refractivity contribution in [1.29, 1.82) is 0 Å². The molecule has 1 saturated carbocycles. The van der Waals surface area contributed by atoms with Crippen LogP contribution in [-0.2, 0) is 11.2 Å². The van der Waals surface area contributed by atoms with E-state index in [9.17, 15) is 9.18 Å². The average molecular weight is 317 g/mol. The van der Waals surface area contributed by atoms with Gasteiger partial charge >= 0.3 is 0 Å². The smallest absolute Gasteiger partial charge is 0.245 e. The topological polar surface area (TPSA) is 72.7 Å². The van der Waals surface area contributed by atoms with Crippen LogP contribution >= 0.6 is 0 Å². The molecule has 1 aliphatic rings. The third kappa shape index (κ3) is 3.72. The van der Waals surface area contributed by atoms with Gasteiger partial charge in [-0.2, -0.15) is 0 Å². The Balaban J connectivity index is 1.75. The lowest BCUT2D eigenvalue weighted by Crippen LogP contribution is -2.38. The predicted octanol–water partition coefficient (Wildman–Crippen LogP) is 1.82. The SMILES string of the molecule is Cc1nnnn1[C@@H](Cc1cccc(F)c1)C(=O)NCC1CCC1. The maximum absolute atomic E-state index is 13.4. The van der Waals surface area contributed by atoms with Crippen LogP contribution in [0.2, 0.25) is 0 Å². The van der Waals surface area contributed by atoms with Gasteiger partial charge < -0.3 is 5.32 Å². The van der Waals surface area contributed by atoms with E-state index in [4.69, 9.17) is 0 Å². The van der Waals surface area contributed by atoms with E-state index in [1.165, 1.54) is 36.1 Å². The highest BCUT2D eigenvalue weighted by Crippen LogP contribution is 2.25. The number of carbonyl (C=O) groups is 1. The Kier molecular flexibility index (Phi) is 4.64. The molecule has 1 aromatic heterocycles. The number of amides is 1. The van der Waals surface area contributed by atoms with Crippen molar-refractivity contribution in [2.45, 2.75) is 38.6 Å². The fourth-order valence-electron chi connectivity index (χ4n) is 2.76. The molecule has 1 aromatic carbocycles. The lowest BCUT2D eigenvalue weighted by Gasteiger charge is -2.26. The van der Waals surface area contributed by atoms with Crippen LogP contribution in [0.15, 0.2) is 24.3 Å². The highest BCUT2D eigenvalue weighted by atomic mass is 19.1. The summed E-state index contributed by atoms with van der Waals surface area (Å²) in [7, 11) is 0.